The Morgan fingerprint density at radius 3 is 2.43 bits per heavy atom. The molecule has 1 amide bonds. The van der Waals surface area contributed by atoms with Gasteiger partial charge in [0.15, 0.2) is 4.91 Å². The summed E-state index contributed by atoms with van der Waals surface area (Å²) < 4.78 is 28.7. The Bertz CT molecular complexity index is 1290. The largest absolute Gasteiger partial charge is 0.321 e. The molecular formula is C22H16BrClN2O3S. The van der Waals surface area contributed by atoms with E-state index in [1.165, 1.54) is 7.05 Å². The maximum atomic E-state index is 13.4. The number of hydrogen-bond donors (Lipinski definition) is 1. The van der Waals surface area contributed by atoms with Gasteiger partial charge in [0.2, 0.25) is 0 Å². The Morgan fingerprint density at radius 2 is 1.73 bits per heavy atom. The van der Waals surface area contributed by atoms with Crippen molar-refractivity contribution in [1.29, 1.82) is 0 Å². The summed E-state index contributed by atoms with van der Waals surface area (Å²) in [5.41, 5.74) is 2.43. The highest BCUT2D eigenvalue weighted by Gasteiger charge is 2.39. The number of benzene rings is 3. The molecule has 0 spiro atoms. The molecule has 3 aromatic carbocycles. The number of halogens is 2. The molecule has 0 atom stereocenters. The van der Waals surface area contributed by atoms with Crippen LogP contribution in [0.5, 0.6) is 0 Å². The molecule has 0 aromatic heterocycles. The fourth-order valence-electron chi connectivity index (χ4n) is 3.38. The van der Waals surface area contributed by atoms with E-state index < -0.39 is 15.9 Å². The fourth-order valence-corrected chi connectivity index (χ4v) is 5.41. The van der Waals surface area contributed by atoms with Gasteiger partial charge in [-0.2, -0.15) is 0 Å². The first-order valence-corrected chi connectivity index (χ1v) is 11.6. The zero-order valence-corrected chi connectivity index (χ0v) is 18.9. The normalized spacial score (nSPS) is 15.0. The first kappa shape index (κ1) is 20.7. The molecule has 1 aliphatic heterocycles. The van der Waals surface area contributed by atoms with Crippen molar-refractivity contribution >= 4 is 60.4 Å². The maximum absolute atomic E-state index is 13.4. The van der Waals surface area contributed by atoms with E-state index in [-0.39, 0.29) is 4.91 Å². The van der Waals surface area contributed by atoms with Crippen molar-refractivity contribution in [3.63, 3.8) is 0 Å². The van der Waals surface area contributed by atoms with Crippen molar-refractivity contribution < 1.29 is 13.2 Å². The van der Waals surface area contributed by atoms with E-state index >= 15 is 0 Å². The molecule has 1 heterocycles. The Morgan fingerprint density at radius 1 is 1.00 bits per heavy atom. The number of amides is 1. The maximum Gasteiger partial charge on any atom is 0.270 e. The second kappa shape index (κ2) is 7.91. The average molecular weight is 504 g/mol. The predicted molar refractivity (Wildman–Crippen MR) is 124 cm³/mol. The van der Waals surface area contributed by atoms with Crippen LogP contribution in [0.25, 0.3) is 5.57 Å². The SMILES string of the molecule is CN1c2ccc(Cl)cc2C(c2ccccc2)=C(C(=O)Nc2cccc(Br)c2)S1(=O)=O. The standard InChI is InChI=1S/C22H16BrClN2O3S/c1-26-19-11-10-16(24)13-18(19)20(14-6-3-2-4-7-14)21(30(26,28)29)22(27)25-17-9-5-8-15(23)12-17/h2-13H,1H3,(H,25,27). The van der Waals surface area contributed by atoms with Crippen LogP contribution in [0.1, 0.15) is 11.1 Å². The third kappa shape index (κ3) is 3.64. The van der Waals surface area contributed by atoms with Crippen LogP contribution in [0.15, 0.2) is 82.2 Å². The van der Waals surface area contributed by atoms with Crippen molar-refractivity contribution in [3.8, 4) is 0 Å². The Kier molecular flexibility index (Phi) is 5.44. The minimum Gasteiger partial charge on any atom is -0.321 e. The molecule has 0 unspecified atom stereocenters. The zero-order chi connectivity index (χ0) is 21.5. The van der Waals surface area contributed by atoms with E-state index in [0.29, 0.717) is 33.1 Å². The van der Waals surface area contributed by atoms with Gasteiger partial charge in [0.05, 0.1) is 5.69 Å². The number of nitrogens with zero attached hydrogens (tertiary/aromatic N) is 1. The second-order valence-corrected chi connectivity index (χ2v) is 9.93. The van der Waals surface area contributed by atoms with Crippen LogP contribution in [-0.2, 0) is 14.8 Å². The summed E-state index contributed by atoms with van der Waals surface area (Å²) in [5, 5.41) is 3.15. The lowest BCUT2D eigenvalue weighted by molar-refractivity contribution is -0.112. The van der Waals surface area contributed by atoms with Crippen LogP contribution in [0.4, 0.5) is 11.4 Å². The monoisotopic (exact) mass is 502 g/mol. The van der Waals surface area contributed by atoms with Crippen LogP contribution in [-0.4, -0.2) is 21.4 Å². The number of hydrogen-bond acceptors (Lipinski definition) is 3. The number of sulfonamides is 1. The van der Waals surface area contributed by atoms with Crippen LogP contribution in [0, 0.1) is 0 Å². The highest BCUT2D eigenvalue weighted by molar-refractivity contribution is 9.10. The van der Waals surface area contributed by atoms with Gasteiger partial charge in [0.25, 0.3) is 15.9 Å². The lowest BCUT2D eigenvalue weighted by Gasteiger charge is -2.31. The van der Waals surface area contributed by atoms with Crippen molar-refractivity contribution in [1.82, 2.24) is 0 Å². The van der Waals surface area contributed by atoms with Crippen molar-refractivity contribution in [2.75, 3.05) is 16.7 Å². The molecule has 30 heavy (non-hydrogen) atoms. The molecule has 0 bridgehead atoms. The number of nitrogens with one attached hydrogen (secondary N) is 1. The van der Waals surface area contributed by atoms with E-state index in [9.17, 15) is 13.2 Å². The van der Waals surface area contributed by atoms with E-state index in [1.807, 2.05) is 12.1 Å². The number of carbonyl (C=O) groups excluding carboxylic acids is 1. The number of rotatable bonds is 3. The molecule has 4 rings (SSSR count). The van der Waals surface area contributed by atoms with E-state index in [0.717, 1.165) is 8.78 Å². The lowest BCUT2D eigenvalue weighted by atomic mass is 9.95. The molecule has 0 fully saturated rings. The second-order valence-electron chi connectivity index (χ2n) is 6.67. The summed E-state index contributed by atoms with van der Waals surface area (Å²) >= 11 is 9.58. The van der Waals surface area contributed by atoms with Gasteiger partial charge in [-0.3, -0.25) is 9.10 Å². The van der Waals surface area contributed by atoms with Crippen LogP contribution >= 0.6 is 27.5 Å². The van der Waals surface area contributed by atoms with Gasteiger partial charge in [-0.05, 0) is 42.0 Å². The summed E-state index contributed by atoms with van der Waals surface area (Å²) in [6.07, 6.45) is 0. The summed E-state index contributed by atoms with van der Waals surface area (Å²) in [7, 11) is -2.68. The van der Waals surface area contributed by atoms with Gasteiger partial charge >= 0.3 is 0 Å². The van der Waals surface area contributed by atoms with Crippen molar-refractivity contribution in [2.45, 2.75) is 0 Å². The van der Waals surface area contributed by atoms with Crippen molar-refractivity contribution in [3.05, 3.63) is 98.3 Å². The van der Waals surface area contributed by atoms with Crippen LogP contribution in [0.2, 0.25) is 5.02 Å². The number of carbonyl (C=O) groups is 1. The molecular weight excluding hydrogens is 488 g/mol. The topological polar surface area (TPSA) is 66.5 Å². The Balaban J connectivity index is 1.99. The quantitative estimate of drug-likeness (QED) is 0.529. The molecule has 0 aliphatic carbocycles. The molecule has 0 radical (unpaired) electrons. The Labute approximate surface area is 188 Å². The first-order valence-electron chi connectivity index (χ1n) is 8.94. The molecule has 3 aromatic rings. The third-order valence-electron chi connectivity index (χ3n) is 4.76. The zero-order valence-electron chi connectivity index (χ0n) is 15.8. The summed E-state index contributed by atoms with van der Waals surface area (Å²) in [5.74, 6) is -0.718. The fraction of sp³-hybridized carbons (Fsp3) is 0.0455. The highest BCUT2D eigenvalue weighted by Crippen LogP contribution is 2.43. The van der Waals surface area contributed by atoms with Gasteiger partial charge in [0, 0.05) is 33.4 Å². The molecule has 152 valence electrons. The summed E-state index contributed by atoms with van der Waals surface area (Å²) in [6, 6.07) is 20.9. The first-order chi connectivity index (χ1) is 14.3. The highest BCUT2D eigenvalue weighted by atomic mass is 79.9. The Hall–Kier alpha value is -2.61. The minimum atomic E-state index is -4.11. The van der Waals surface area contributed by atoms with Gasteiger partial charge in [0.1, 0.15) is 0 Å². The number of anilines is 2. The number of fused-ring (bicyclic) bond motifs is 1. The van der Waals surface area contributed by atoms with Gasteiger partial charge in [-0.1, -0.05) is 63.9 Å². The molecule has 1 N–H and O–H groups in total. The predicted octanol–water partition coefficient (Wildman–Crippen LogP) is 5.28. The van der Waals surface area contributed by atoms with Gasteiger partial charge < -0.3 is 5.32 Å². The molecule has 1 aliphatic rings. The van der Waals surface area contributed by atoms with Crippen LogP contribution in [0.3, 0.4) is 0 Å². The van der Waals surface area contributed by atoms with E-state index in [4.69, 9.17) is 11.6 Å². The minimum absolute atomic E-state index is 0.318. The molecule has 0 saturated carbocycles. The molecule has 5 nitrogen and oxygen atoms in total. The molecule has 0 saturated heterocycles. The summed E-state index contributed by atoms with van der Waals surface area (Å²) in [4.78, 5) is 13.0. The summed E-state index contributed by atoms with van der Waals surface area (Å²) in [6.45, 7) is 0. The van der Waals surface area contributed by atoms with Crippen molar-refractivity contribution in [2.24, 2.45) is 0 Å². The third-order valence-corrected chi connectivity index (χ3v) is 7.32. The average Bonchev–Trinajstić information content (AvgIpc) is 2.71. The van der Waals surface area contributed by atoms with E-state index in [2.05, 4.69) is 21.2 Å². The van der Waals surface area contributed by atoms with Crippen LogP contribution < -0.4 is 9.62 Å². The smallest absolute Gasteiger partial charge is 0.270 e. The van der Waals surface area contributed by atoms with Gasteiger partial charge in [-0.25, -0.2) is 8.42 Å². The lowest BCUT2D eigenvalue weighted by Crippen LogP contribution is -2.37. The van der Waals surface area contributed by atoms with Gasteiger partial charge in [-0.15, -0.1) is 0 Å². The molecule has 8 heteroatoms. The van der Waals surface area contributed by atoms with E-state index in [1.54, 1.807) is 60.7 Å².